The van der Waals surface area contributed by atoms with Gasteiger partial charge in [-0.25, -0.2) is 4.79 Å². The maximum absolute atomic E-state index is 11.0. The molecule has 2 aromatic rings. The highest BCUT2D eigenvalue weighted by Crippen LogP contribution is 2.26. The highest BCUT2D eigenvalue weighted by atomic mass is 16.6. The number of nitro groups is 1. The summed E-state index contributed by atoms with van der Waals surface area (Å²) in [6.07, 6.45) is 0. The van der Waals surface area contributed by atoms with Crippen LogP contribution < -0.4 is 5.32 Å². The van der Waals surface area contributed by atoms with Gasteiger partial charge in [-0.15, -0.1) is 0 Å². The van der Waals surface area contributed by atoms with Crippen molar-refractivity contribution in [2.75, 3.05) is 5.32 Å². The quantitative estimate of drug-likeness (QED) is 0.661. The van der Waals surface area contributed by atoms with Crippen LogP contribution >= 0.6 is 0 Å². The predicted octanol–water partition coefficient (Wildman–Crippen LogP) is 3.65. The Balaban J connectivity index is 2.39. The lowest BCUT2D eigenvalue weighted by atomic mass is 10.1. The number of aryl methyl sites for hydroxylation is 2. The number of hydrogen-bond acceptors (Lipinski definition) is 4. The van der Waals surface area contributed by atoms with Gasteiger partial charge in [0, 0.05) is 17.4 Å². The summed E-state index contributed by atoms with van der Waals surface area (Å²) >= 11 is 0. The molecule has 21 heavy (non-hydrogen) atoms. The highest BCUT2D eigenvalue weighted by molar-refractivity contribution is 5.93. The lowest BCUT2D eigenvalue weighted by molar-refractivity contribution is -0.385. The third kappa shape index (κ3) is 3.36. The van der Waals surface area contributed by atoms with Crippen LogP contribution in [0.15, 0.2) is 36.4 Å². The van der Waals surface area contributed by atoms with Crippen LogP contribution in [-0.2, 0) is 0 Å². The van der Waals surface area contributed by atoms with Gasteiger partial charge in [-0.2, -0.15) is 0 Å². The lowest BCUT2D eigenvalue weighted by Gasteiger charge is -2.09. The first-order valence-electron chi connectivity index (χ1n) is 6.24. The molecule has 0 saturated carbocycles. The van der Waals surface area contributed by atoms with E-state index in [1.54, 1.807) is 0 Å². The van der Waals surface area contributed by atoms with Crippen molar-refractivity contribution in [2.45, 2.75) is 13.8 Å². The van der Waals surface area contributed by atoms with E-state index >= 15 is 0 Å². The summed E-state index contributed by atoms with van der Waals surface area (Å²) < 4.78 is 0. The Labute approximate surface area is 121 Å². The summed E-state index contributed by atoms with van der Waals surface area (Å²) in [5.74, 6) is -1.32. The summed E-state index contributed by atoms with van der Waals surface area (Å²) in [4.78, 5) is 21.2. The van der Waals surface area contributed by atoms with Crippen molar-refractivity contribution in [1.82, 2.24) is 0 Å². The van der Waals surface area contributed by atoms with Crippen LogP contribution in [0, 0.1) is 24.0 Å². The second-order valence-electron chi connectivity index (χ2n) is 4.80. The lowest BCUT2D eigenvalue weighted by Crippen LogP contribution is -2.03. The molecule has 6 nitrogen and oxygen atoms in total. The molecule has 2 rings (SSSR count). The average Bonchev–Trinajstić information content (AvgIpc) is 2.36. The molecule has 108 valence electrons. The van der Waals surface area contributed by atoms with E-state index in [0.29, 0.717) is 5.69 Å². The Morgan fingerprint density at radius 3 is 2.24 bits per heavy atom. The number of nitrogens with one attached hydrogen (secondary N) is 1. The van der Waals surface area contributed by atoms with Gasteiger partial charge in [0.25, 0.3) is 5.69 Å². The molecule has 0 fully saturated rings. The van der Waals surface area contributed by atoms with Crippen LogP contribution in [0.5, 0.6) is 0 Å². The van der Waals surface area contributed by atoms with Crippen LogP contribution in [0.1, 0.15) is 21.5 Å². The van der Waals surface area contributed by atoms with Gasteiger partial charge in [0.2, 0.25) is 0 Å². The molecule has 6 heteroatoms. The third-order valence-corrected chi connectivity index (χ3v) is 2.94. The Morgan fingerprint density at radius 1 is 1.10 bits per heavy atom. The number of carbonyl (C=O) groups is 1. The third-order valence-electron chi connectivity index (χ3n) is 2.94. The maximum Gasteiger partial charge on any atom is 0.342 e. The van der Waals surface area contributed by atoms with Crippen molar-refractivity contribution in [3.8, 4) is 0 Å². The fourth-order valence-electron chi connectivity index (χ4n) is 2.15. The van der Waals surface area contributed by atoms with E-state index in [-0.39, 0.29) is 5.56 Å². The van der Waals surface area contributed by atoms with Crippen molar-refractivity contribution in [3.05, 3.63) is 63.2 Å². The average molecular weight is 286 g/mol. The Bertz CT molecular complexity index is 705. The van der Waals surface area contributed by atoms with Crippen LogP contribution in [-0.4, -0.2) is 16.0 Å². The van der Waals surface area contributed by atoms with Crippen molar-refractivity contribution in [2.24, 2.45) is 0 Å². The normalized spacial score (nSPS) is 10.2. The van der Waals surface area contributed by atoms with Crippen LogP contribution in [0.2, 0.25) is 0 Å². The monoisotopic (exact) mass is 286 g/mol. The molecular weight excluding hydrogens is 272 g/mol. The minimum Gasteiger partial charge on any atom is -0.477 e. The molecule has 0 atom stereocenters. The van der Waals surface area contributed by atoms with Crippen LogP contribution in [0.25, 0.3) is 0 Å². The molecule has 0 aliphatic heterocycles. The minimum atomic E-state index is -1.32. The number of carboxylic acids is 1. The molecule has 0 bridgehead atoms. The van der Waals surface area contributed by atoms with Gasteiger partial charge in [-0.05, 0) is 49.2 Å². The number of nitrogens with zero attached hydrogens (tertiary/aromatic N) is 1. The second-order valence-corrected chi connectivity index (χ2v) is 4.80. The number of aromatic carboxylic acids is 1. The maximum atomic E-state index is 11.0. The van der Waals surface area contributed by atoms with Gasteiger partial charge in [0.1, 0.15) is 5.56 Å². The first-order chi connectivity index (χ1) is 9.86. The highest BCUT2D eigenvalue weighted by Gasteiger charge is 2.20. The van der Waals surface area contributed by atoms with E-state index in [2.05, 4.69) is 5.32 Å². The second kappa shape index (κ2) is 5.62. The summed E-state index contributed by atoms with van der Waals surface area (Å²) in [6.45, 7) is 3.91. The summed E-state index contributed by atoms with van der Waals surface area (Å²) in [5.41, 5.74) is 2.63. The fourth-order valence-corrected chi connectivity index (χ4v) is 2.15. The van der Waals surface area contributed by atoms with E-state index in [1.165, 1.54) is 18.2 Å². The molecule has 0 amide bonds. The first-order valence-corrected chi connectivity index (χ1v) is 6.24. The van der Waals surface area contributed by atoms with Crippen LogP contribution in [0.3, 0.4) is 0 Å². The van der Waals surface area contributed by atoms with Crippen molar-refractivity contribution in [3.63, 3.8) is 0 Å². The number of nitro benzene ring substituents is 1. The van der Waals surface area contributed by atoms with Gasteiger partial charge >= 0.3 is 5.97 Å². The molecule has 2 aromatic carbocycles. The summed E-state index contributed by atoms with van der Waals surface area (Å²) in [7, 11) is 0. The molecule has 2 N–H and O–H groups in total. The Kier molecular flexibility index (Phi) is 3.89. The number of hydrogen-bond donors (Lipinski definition) is 2. The molecule has 0 saturated heterocycles. The van der Waals surface area contributed by atoms with Gasteiger partial charge in [-0.3, -0.25) is 10.1 Å². The minimum absolute atomic E-state index is 0.328. The molecule has 0 aliphatic carbocycles. The SMILES string of the molecule is Cc1cc(C)cc(Nc2ccc(C(=O)O)c([N+](=O)[O-])c2)c1. The van der Waals surface area contributed by atoms with Gasteiger partial charge in [0.15, 0.2) is 0 Å². The zero-order chi connectivity index (χ0) is 15.6. The van der Waals surface area contributed by atoms with E-state index < -0.39 is 16.6 Å². The number of rotatable bonds is 4. The molecule has 0 aromatic heterocycles. The standard InChI is InChI=1S/C15H14N2O4/c1-9-5-10(2)7-12(6-9)16-11-3-4-13(15(18)19)14(8-11)17(20)21/h3-8,16H,1-2H3,(H,18,19). The number of carboxylic acid groups (broad SMARTS) is 1. The molecule has 0 unspecified atom stereocenters. The molecular formula is C15H14N2O4. The molecule has 0 heterocycles. The van der Waals surface area contributed by atoms with E-state index in [0.717, 1.165) is 16.8 Å². The largest absolute Gasteiger partial charge is 0.477 e. The van der Waals surface area contributed by atoms with Gasteiger partial charge in [-0.1, -0.05) is 6.07 Å². The van der Waals surface area contributed by atoms with Crippen molar-refractivity contribution in [1.29, 1.82) is 0 Å². The smallest absolute Gasteiger partial charge is 0.342 e. The zero-order valence-electron chi connectivity index (χ0n) is 11.6. The number of anilines is 2. The Morgan fingerprint density at radius 2 is 1.71 bits per heavy atom. The van der Waals surface area contributed by atoms with Crippen molar-refractivity contribution < 1.29 is 14.8 Å². The zero-order valence-corrected chi connectivity index (χ0v) is 11.6. The topological polar surface area (TPSA) is 92.5 Å². The van der Waals surface area contributed by atoms with Gasteiger partial charge in [0.05, 0.1) is 4.92 Å². The first kappa shape index (κ1) is 14.5. The van der Waals surface area contributed by atoms with E-state index in [9.17, 15) is 14.9 Å². The van der Waals surface area contributed by atoms with E-state index in [1.807, 2.05) is 32.0 Å². The fraction of sp³-hybridized carbons (Fsp3) is 0.133. The molecule has 0 spiro atoms. The molecule has 0 radical (unpaired) electrons. The summed E-state index contributed by atoms with van der Waals surface area (Å²) in [6, 6.07) is 9.79. The predicted molar refractivity (Wildman–Crippen MR) is 79.3 cm³/mol. The van der Waals surface area contributed by atoms with Crippen molar-refractivity contribution >= 4 is 23.0 Å². The number of benzene rings is 2. The summed E-state index contributed by atoms with van der Waals surface area (Å²) in [5, 5.41) is 22.9. The molecule has 0 aliphatic rings. The van der Waals surface area contributed by atoms with Gasteiger partial charge < -0.3 is 10.4 Å². The van der Waals surface area contributed by atoms with Crippen LogP contribution in [0.4, 0.5) is 17.1 Å². The Hall–Kier alpha value is -2.89. The van der Waals surface area contributed by atoms with E-state index in [4.69, 9.17) is 5.11 Å².